The molecule has 0 aromatic carbocycles. The highest BCUT2D eigenvalue weighted by Gasteiger charge is 2.68. The second kappa shape index (κ2) is 12.8. The van der Waals surface area contributed by atoms with Crippen LogP contribution in [-0.2, 0) is 28.5 Å². The number of aliphatic hydroxyl groups excluding tert-OH is 8. The Bertz CT molecular complexity index is 1320. The van der Waals surface area contributed by atoms with Crippen LogP contribution in [0.1, 0.15) is 46.0 Å². The van der Waals surface area contributed by atoms with Crippen LogP contribution in [0.5, 0.6) is 0 Å². The van der Waals surface area contributed by atoms with Gasteiger partial charge in [-0.3, -0.25) is 9.59 Å². The Hall–Kier alpha value is -1.70. The van der Waals surface area contributed by atoms with Gasteiger partial charge < -0.3 is 64.9 Å². The van der Waals surface area contributed by atoms with Gasteiger partial charge in [0.2, 0.25) is 5.79 Å². The number of ketones is 2. The van der Waals surface area contributed by atoms with Crippen LogP contribution in [0.15, 0.2) is 23.8 Å². The van der Waals surface area contributed by atoms with Crippen molar-refractivity contribution < 1.29 is 74.5 Å². The Balaban J connectivity index is 1.17. The lowest BCUT2D eigenvalue weighted by molar-refractivity contribution is -0.319. The molecule has 4 aliphatic carbocycles. The number of allylic oxidation sites excluding steroid dienone is 4. The third kappa shape index (κ3) is 5.29. The molecule has 15 heteroatoms. The summed E-state index contributed by atoms with van der Waals surface area (Å²) >= 11 is 0. The second-order valence-corrected chi connectivity index (χ2v) is 14.9. The molecule has 16 atom stereocenters. The first-order valence-corrected chi connectivity index (χ1v) is 16.7. The molecule has 6 aliphatic rings. The second-order valence-electron chi connectivity index (χ2n) is 14.9. The lowest BCUT2D eigenvalue weighted by Gasteiger charge is -2.59. The van der Waals surface area contributed by atoms with E-state index in [4.69, 9.17) is 18.9 Å². The average molecular weight is 685 g/mol. The Labute approximate surface area is 277 Å². The van der Waals surface area contributed by atoms with E-state index < -0.39 is 110 Å². The largest absolute Gasteiger partial charge is 0.394 e. The molecule has 270 valence electrons. The lowest BCUT2D eigenvalue weighted by atomic mass is 9.46. The van der Waals surface area contributed by atoms with Crippen molar-refractivity contribution >= 4 is 11.6 Å². The summed E-state index contributed by atoms with van der Waals surface area (Å²) in [6, 6.07) is 0. The quantitative estimate of drug-likeness (QED) is 0.119. The molecule has 6 rings (SSSR count). The van der Waals surface area contributed by atoms with Crippen molar-refractivity contribution in [1.29, 1.82) is 0 Å². The predicted molar refractivity (Wildman–Crippen MR) is 160 cm³/mol. The SMILES string of the molecule is C[C@]12C=CC(=O)C=C1CC[C@@H]1[C@@H]2[C@@H](O)C[C@@]2(C)[C@H]1CC[C@]2(O)C(=O)COC1(CO)O[C@H](CO)[C@@H](O[C@H]2O[C@@H](CO)[C@@H](O)[C@@H](O)[C@@H]2O)[C@@H]1O. The van der Waals surface area contributed by atoms with E-state index in [1.54, 1.807) is 13.0 Å². The van der Waals surface area contributed by atoms with Crippen LogP contribution in [0.25, 0.3) is 0 Å². The molecular weight excluding hydrogens is 636 g/mol. The summed E-state index contributed by atoms with van der Waals surface area (Å²) in [7, 11) is 0. The third-order valence-electron chi connectivity index (χ3n) is 12.6. The van der Waals surface area contributed by atoms with Crippen LogP contribution >= 0.6 is 0 Å². The number of Topliss-reactive ketones (excluding diaryl/α,β-unsaturated/α-hetero) is 1. The summed E-state index contributed by atoms with van der Waals surface area (Å²) in [5, 5.41) is 95.4. The van der Waals surface area contributed by atoms with E-state index in [9.17, 15) is 55.5 Å². The molecule has 0 bridgehead atoms. The Morgan fingerprint density at radius 2 is 1.71 bits per heavy atom. The maximum atomic E-state index is 13.9. The fourth-order valence-electron chi connectivity index (χ4n) is 9.88. The van der Waals surface area contributed by atoms with Gasteiger partial charge in [-0.2, -0.15) is 0 Å². The number of hydrogen-bond donors (Lipinski definition) is 9. The monoisotopic (exact) mass is 684 g/mol. The molecule has 48 heavy (non-hydrogen) atoms. The number of hydrogen-bond acceptors (Lipinski definition) is 15. The highest BCUT2D eigenvalue weighted by Crippen LogP contribution is 2.67. The number of aliphatic hydroxyl groups is 9. The zero-order chi connectivity index (χ0) is 35.0. The van der Waals surface area contributed by atoms with E-state index >= 15 is 0 Å². The average Bonchev–Trinajstić information content (AvgIpc) is 3.49. The van der Waals surface area contributed by atoms with Crippen molar-refractivity contribution in [3.8, 4) is 0 Å². The molecule has 9 N–H and O–H groups in total. The molecule has 0 amide bonds. The fourth-order valence-corrected chi connectivity index (χ4v) is 9.88. The molecular formula is C33H48O15. The topological polar surface area (TPSA) is 253 Å². The zero-order valence-corrected chi connectivity index (χ0v) is 27.0. The van der Waals surface area contributed by atoms with E-state index in [2.05, 4.69) is 0 Å². The molecule has 0 radical (unpaired) electrons. The van der Waals surface area contributed by atoms with Crippen LogP contribution in [0.2, 0.25) is 0 Å². The van der Waals surface area contributed by atoms with Gasteiger partial charge in [0.15, 0.2) is 17.9 Å². The molecule has 0 spiro atoms. The van der Waals surface area contributed by atoms with E-state index in [-0.39, 0.29) is 36.4 Å². The summed E-state index contributed by atoms with van der Waals surface area (Å²) in [6.07, 6.45) is -6.85. The normalized spacial score (nSPS) is 51.6. The molecule has 2 saturated heterocycles. The molecule has 2 aliphatic heterocycles. The molecule has 0 aromatic rings. The minimum atomic E-state index is -2.32. The van der Waals surface area contributed by atoms with Gasteiger partial charge >= 0.3 is 0 Å². The Kier molecular flexibility index (Phi) is 9.64. The van der Waals surface area contributed by atoms with Gasteiger partial charge in [0.05, 0.1) is 19.3 Å². The van der Waals surface area contributed by atoms with E-state index in [1.165, 1.54) is 6.08 Å². The maximum absolute atomic E-state index is 13.9. The molecule has 0 aromatic heterocycles. The highest BCUT2D eigenvalue weighted by atomic mass is 16.8. The van der Waals surface area contributed by atoms with E-state index in [0.29, 0.717) is 19.3 Å². The van der Waals surface area contributed by atoms with Crippen LogP contribution in [0.3, 0.4) is 0 Å². The van der Waals surface area contributed by atoms with E-state index in [0.717, 1.165) is 5.57 Å². The summed E-state index contributed by atoms with van der Waals surface area (Å²) in [5.74, 6) is -3.50. The van der Waals surface area contributed by atoms with Crippen molar-refractivity contribution in [2.45, 2.75) is 112 Å². The molecule has 5 fully saturated rings. The number of ether oxygens (including phenoxy) is 4. The summed E-state index contributed by atoms with van der Waals surface area (Å²) in [6.45, 7) is 0.478. The van der Waals surface area contributed by atoms with Crippen LogP contribution < -0.4 is 0 Å². The van der Waals surface area contributed by atoms with Crippen molar-refractivity contribution in [3.05, 3.63) is 23.8 Å². The van der Waals surface area contributed by atoms with Gasteiger partial charge in [-0.1, -0.05) is 25.5 Å². The van der Waals surface area contributed by atoms with Gasteiger partial charge in [0.25, 0.3) is 0 Å². The van der Waals surface area contributed by atoms with Crippen LogP contribution in [-0.4, -0.2) is 150 Å². The maximum Gasteiger partial charge on any atom is 0.222 e. The number of fused-ring (bicyclic) bond motifs is 5. The lowest BCUT2D eigenvalue weighted by Crippen LogP contribution is -2.62. The van der Waals surface area contributed by atoms with Crippen molar-refractivity contribution in [2.75, 3.05) is 26.4 Å². The van der Waals surface area contributed by atoms with Gasteiger partial charge in [-0.25, -0.2) is 0 Å². The van der Waals surface area contributed by atoms with Crippen molar-refractivity contribution in [3.63, 3.8) is 0 Å². The van der Waals surface area contributed by atoms with Crippen molar-refractivity contribution in [1.82, 2.24) is 0 Å². The summed E-state index contributed by atoms with van der Waals surface area (Å²) in [4.78, 5) is 26.0. The zero-order valence-electron chi connectivity index (χ0n) is 27.0. The highest BCUT2D eigenvalue weighted by molar-refractivity contribution is 6.01. The predicted octanol–water partition coefficient (Wildman–Crippen LogP) is -2.79. The summed E-state index contributed by atoms with van der Waals surface area (Å²) < 4.78 is 22.4. The minimum Gasteiger partial charge on any atom is -0.394 e. The molecule has 2 heterocycles. The first-order chi connectivity index (χ1) is 22.6. The minimum absolute atomic E-state index is 0.0316. The van der Waals surface area contributed by atoms with Gasteiger partial charge in [0, 0.05) is 16.7 Å². The third-order valence-corrected chi connectivity index (χ3v) is 12.6. The number of carbonyl (C=O) groups is 2. The van der Waals surface area contributed by atoms with Gasteiger partial charge in [-0.15, -0.1) is 0 Å². The van der Waals surface area contributed by atoms with Crippen LogP contribution in [0.4, 0.5) is 0 Å². The fraction of sp³-hybridized carbons (Fsp3) is 0.818. The van der Waals surface area contributed by atoms with Gasteiger partial charge in [-0.05, 0) is 56.1 Å². The Morgan fingerprint density at radius 1 is 1.00 bits per heavy atom. The van der Waals surface area contributed by atoms with Gasteiger partial charge in [0.1, 0.15) is 61.5 Å². The first-order valence-electron chi connectivity index (χ1n) is 16.7. The molecule has 15 nitrogen and oxygen atoms in total. The Morgan fingerprint density at radius 3 is 2.38 bits per heavy atom. The first kappa shape index (κ1) is 36.1. The van der Waals surface area contributed by atoms with E-state index in [1.807, 2.05) is 13.0 Å². The van der Waals surface area contributed by atoms with Crippen LogP contribution in [0, 0.1) is 28.6 Å². The molecule has 1 unspecified atom stereocenters. The number of rotatable bonds is 9. The number of carbonyl (C=O) groups excluding carboxylic acids is 2. The standard InChI is InChI=1S/C33H48O15/c1-30-7-5-16(37)9-15(30)3-4-17-18-6-8-32(44,31(18,2)10-19(38)23(17)30)22(39)13-45-33(14-36)28(43)27(21(12-35)48-33)47-29-26(42)25(41)24(40)20(11-34)46-29/h5,7,9,17-21,23-29,34-36,38,40-44H,3-4,6,8,10-14H2,1-2H3/t17-,18-,19-,20-,21+,23+,24+,25+,26-,27+,28-,29+,30-,31-,32-,33?/m0/s1. The summed E-state index contributed by atoms with van der Waals surface area (Å²) in [5.41, 5.74) is -2.51. The smallest absolute Gasteiger partial charge is 0.222 e. The molecule has 3 saturated carbocycles. The van der Waals surface area contributed by atoms with Crippen molar-refractivity contribution in [2.24, 2.45) is 28.6 Å².